The molecule has 180 valence electrons. The van der Waals surface area contributed by atoms with E-state index in [4.69, 9.17) is 4.42 Å². The molecule has 1 heterocycles. The van der Waals surface area contributed by atoms with E-state index in [2.05, 4.69) is 139 Å². The maximum atomic E-state index is 6.27. The van der Waals surface area contributed by atoms with Crippen LogP contribution in [0, 0.1) is 0 Å². The van der Waals surface area contributed by atoms with E-state index in [9.17, 15) is 0 Å². The summed E-state index contributed by atoms with van der Waals surface area (Å²) >= 11 is 0. The van der Waals surface area contributed by atoms with Gasteiger partial charge in [-0.2, -0.15) is 0 Å². The first kappa shape index (κ1) is 22.1. The first-order chi connectivity index (χ1) is 18.8. The highest BCUT2D eigenvalue weighted by Crippen LogP contribution is 2.41. The van der Waals surface area contributed by atoms with E-state index in [-0.39, 0.29) is 0 Å². The number of anilines is 2. The minimum atomic E-state index is 0.869. The maximum absolute atomic E-state index is 6.27. The highest BCUT2D eigenvalue weighted by molar-refractivity contribution is 6.09. The molecule has 38 heavy (non-hydrogen) atoms. The normalized spacial score (nSPS) is 11.2. The first-order valence-electron chi connectivity index (χ1n) is 12.9. The van der Waals surface area contributed by atoms with Gasteiger partial charge in [0.25, 0.3) is 0 Å². The number of hydrogen-bond donors (Lipinski definition) is 1. The minimum absolute atomic E-state index is 0.869. The van der Waals surface area contributed by atoms with Crippen molar-refractivity contribution in [1.29, 1.82) is 0 Å². The van der Waals surface area contributed by atoms with Crippen LogP contribution < -0.4 is 5.32 Å². The van der Waals surface area contributed by atoms with Crippen molar-refractivity contribution in [2.75, 3.05) is 5.32 Å². The van der Waals surface area contributed by atoms with Crippen LogP contribution in [0.2, 0.25) is 0 Å². The third-order valence-electron chi connectivity index (χ3n) is 7.09. The third-order valence-corrected chi connectivity index (χ3v) is 7.09. The highest BCUT2D eigenvalue weighted by atomic mass is 16.3. The molecule has 1 aromatic heterocycles. The van der Waals surface area contributed by atoms with E-state index in [1.807, 2.05) is 12.1 Å². The lowest BCUT2D eigenvalue weighted by Gasteiger charge is -2.17. The molecule has 0 atom stereocenters. The number of para-hydroxylation sites is 2. The molecular weight excluding hydrogens is 462 g/mol. The fourth-order valence-corrected chi connectivity index (χ4v) is 5.30. The van der Waals surface area contributed by atoms with Crippen LogP contribution in [0.1, 0.15) is 0 Å². The predicted octanol–water partition coefficient (Wildman–Crippen LogP) is 10.3. The number of benzene rings is 6. The summed E-state index contributed by atoms with van der Waals surface area (Å²) in [5, 5.41) is 5.89. The van der Waals surface area contributed by atoms with E-state index >= 15 is 0 Å². The SMILES string of the molecule is c1ccc(-c2ccccc2-c2ccc(Nc3cccc4c3oc3ccccc34)cc2-c2ccccc2)cc1. The molecule has 0 amide bonds. The molecule has 0 aliphatic heterocycles. The van der Waals surface area contributed by atoms with Gasteiger partial charge in [-0.15, -0.1) is 0 Å². The second-order valence-corrected chi connectivity index (χ2v) is 9.44. The number of hydrogen-bond acceptors (Lipinski definition) is 2. The van der Waals surface area contributed by atoms with Crippen LogP contribution in [0.4, 0.5) is 11.4 Å². The molecule has 6 aromatic carbocycles. The lowest BCUT2D eigenvalue weighted by molar-refractivity contribution is 0.670. The smallest absolute Gasteiger partial charge is 0.158 e. The number of furan rings is 1. The Morgan fingerprint density at radius 1 is 0.421 bits per heavy atom. The Kier molecular flexibility index (Phi) is 5.49. The predicted molar refractivity (Wildman–Crippen MR) is 160 cm³/mol. The van der Waals surface area contributed by atoms with E-state index in [0.29, 0.717) is 0 Å². The van der Waals surface area contributed by atoms with Crippen LogP contribution in [-0.2, 0) is 0 Å². The number of fused-ring (bicyclic) bond motifs is 3. The summed E-state index contributed by atoms with van der Waals surface area (Å²) < 4.78 is 6.27. The van der Waals surface area contributed by atoms with Crippen LogP contribution in [0.15, 0.2) is 150 Å². The zero-order chi connectivity index (χ0) is 25.3. The summed E-state index contributed by atoms with van der Waals surface area (Å²) in [6.07, 6.45) is 0. The molecule has 0 aliphatic rings. The molecule has 0 spiro atoms. The summed E-state index contributed by atoms with van der Waals surface area (Å²) in [6.45, 7) is 0. The molecule has 1 N–H and O–H groups in total. The largest absolute Gasteiger partial charge is 0.454 e. The molecule has 0 unspecified atom stereocenters. The Labute approximate surface area is 221 Å². The highest BCUT2D eigenvalue weighted by Gasteiger charge is 2.15. The minimum Gasteiger partial charge on any atom is -0.454 e. The summed E-state index contributed by atoms with van der Waals surface area (Å²) in [5.74, 6) is 0. The van der Waals surface area contributed by atoms with Crippen LogP contribution >= 0.6 is 0 Å². The Morgan fingerprint density at radius 3 is 1.82 bits per heavy atom. The van der Waals surface area contributed by atoms with Crippen molar-refractivity contribution in [1.82, 2.24) is 0 Å². The summed E-state index contributed by atoms with van der Waals surface area (Å²) in [6, 6.07) is 50.9. The van der Waals surface area contributed by atoms with Gasteiger partial charge in [0.2, 0.25) is 0 Å². The average molecular weight is 488 g/mol. The molecule has 7 aromatic rings. The molecular formula is C36H25NO. The van der Waals surface area contributed by atoms with Crippen molar-refractivity contribution in [2.45, 2.75) is 0 Å². The van der Waals surface area contributed by atoms with Crippen molar-refractivity contribution in [3.63, 3.8) is 0 Å². The second kappa shape index (κ2) is 9.42. The van der Waals surface area contributed by atoms with Crippen molar-refractivity contribution in [2.24, 2.45) is 0 Å². The third kappa shape index (κ3) is 3.93. The summed E-state index contributed by atoms with van der Waals surface area (Å²) in [4.78, 5) is 0. The quantitative estimate of drug-likeness (QED) is 0.261. The molecule has 0 saturated heterocycles. The van der Waals surface area contributed by atoms with Crippen molar-refractivity contribution in [3.05, 3.63) is 146 Å². The molecule has 0 radical (unpaired) electrons. The Morgan fingerprint density at radius 2 is 1.03 bits per heavy atom. The summed E-state index contributed by atoms with van der Waals surface area (Å²) in [7, 11) is 0. The molecule has 0 aliphatic carbocycles. The van der Waals surface area contributed by atoms with Crippen LogP contribution in [0.3, 0.4) is 0 Å². The van der Waals surface area contributed by atoms with E-state index in [1.165, 1.54) is 33.4 Å². The Bertz CT molecular complexity index is 1880. The van der Waals surface area contributed by atoms with E-state index in [0.717, 1.165) is 33.3 Å². The van der Waals surface area contributed by atoms with Crippen LogP contribution in [0.25, 0.3) is 55.3 Å². The van der Waals surface area contributed by atoms with E-state index in [1.54, 1.807) is 0 Å². The molecule has 0 fully saturated rings. The number of nitrogens with one attached hydrogen (secondary N) is 1. The number of rotatable bonds is 5. The van der Waals surface area contributed by atoms with Gasteiger partial charge >= 0.3 is 0 Å². The van der Waals surface area contributed by atoms with Gasteiger partial charge in [0.05, 0.1) is 5.69 Å². The second-order valence-electron chi connectivity index (χ2n) is 9.44. The van der Waals surface area contributed by atoms with Crippen LogP contribution in [0.5, 0.6) is 0 Å². The van der Waals surface area contributed by atoms with Crippen LogP contribution in [-0.4, -0.2) is 0 Å². The van der Waals surface area contributed by atoms with Gasteiger partial charge < -0.3 is 9.73 Å². The Hall–Kier alpha value is -5.08. The first-order valence-corrected chi connectivity index (χ1v) is 12.9. The molecule has 0 bridgehead atoms. The van der Waals surface area contributed by atoms with Gasteiger partial charge in [-0.05, 0) is 57.6 Å². The van der Waals surface area contributed by atoms with Crippen molar-refractivity contribution >= 4 is 33.3 Å². The lowest BCUT2D eigenvalue weighted by Crippen LogP contribution is -1.94. The van der Waals surface area contributed by atoms with Gasteiger partial charge in [-0.1, -0.05) is 121 Å². The van der Waals surface area contributed by atoms with Crippen molar-refractivity contribution in [3.8, 4) is 33.4 Å². The molecule has 7 rings (SSSR count). The average Bonchev–Trinajstić information content (AvgIpc) is 3.38. The molecule has 0 saturated carbocycles. The standard InChI is InChI=1S/C36H25NO/c1-3-12-25(13-4-1)28-16-7-8-17-29(28)30-23-22-27(24-33(30)26-14-5-2-6-15-26)37-34-20-11-19-32-31-18-9-10-21-35(31)38-36(32)34/h1-24,37H. The topological polar surface area (TPSA) is 25.2 Å². The zero-order valence-electron chi connectivity index (χ0n) is 20.8. The molecule has 2 heteroatoms. The fraction of sp³-hybridized carbons (Fsp3) is 0. The maximum Gasteiger partial charge on any atom is 0.158 e. The van der Waals surface area contributed by atoms with E-state index < -0.39 is 0 Å². The van der Waals surface area contributed by atoms with Gasteiger partial charge in [0.1, 0.15) is 5.58 Å². The van der Waals surface area contributed by atoms with Crippen molar-refractivity contribution < 1.29 is 4.42 Å². The van der Waals surface area contributed by atoms with Gasteiger partial charge in [0, 0.05) is 16.5 Å². The zero-order valence-corrected chi connectivity index (χ0v) is 20.8. The lowest BCUT2D eigenvalue weighted by atomic mass is 9.89. The monoisotopic (exact) mass is 487 g/mol. The van der Waals surface area contributed by atoms with Gasteiger partial charge in [0.15, 0.2) is 5.58 Å². The van der Waals surface area contributed by atoms with Gasteiger partial charge in [-0.3, -0.25) is 0 Å². The summed E-state index contributed by atoms with van der Waals surface area (Å²) in [5.41, 5.74) is 10.9. The molecule has 2 nitrogen and oxygen atoms in total. The fourth-order valence-electron chi connectivity index (χ4n) is 5.30. The van der Waals surface area contributed by atoms with Gasteiger partial charge in [-0.25, -0.2) is 0 Å². The Balaban J connectivity index is 1.37.